The van der Waals surface area contributed by atoms with Gasteiger partial charge in [0.1, 0.15) is 5.75 Å². The van der Waals surface area contributed by atoms with Crippen LogP contribution in [0.3, 0.4) is 0 Å². The van der Waals surface area contributed by atoms with Crippen molar-refractivity contribution in [3.8, 4) is 11.4 Å². The van der Waals surface area contributed by atoms with Crippen molar-refractivity contribution in [1.82, 2.24) is 9.47 Å². The Kier molecular flexibility index (Phi) is 5.51. The predicted octanol–water partition coefficient (Wildman–Crippen LogP) is 2.42. The second-order valence-electron chi connectivity index (χ2n) is 6.66. The van der Waals surface area contributed by atoms with Gasteiger partial charge in [-0.2, -0.15) is 0 Å². The highest BCUT2D eigenvalue weighted by Crippen LogP contribution is 2.24. The quantitative estimate of drug-likeness (QED) is 0.872. The Bertz CT molecular complexity index is 841. The van der Waals surface area contributed by atoms with Crippen LogP contribution < -0.4 is 4.74 Å². The molecule has 0 aliphatic carbocycles. The van der Waals surface area contributed by atoms with E-state index in [0.717, 1.165) is 22.8 Å². The van der Waals surface area contributed by atoms with Gasteiger partial charge in [-0.3, -0.25) is 9.59 Å². The van der Waals surface area contributed by atoms with Crippen molar-refractivity contribution in [3.63, 3.8) is 0 Å². The Labute approximate surface area is 158 Å². The number of hydrogen-bond donors (Lipinski definition) is 1. The van der Waals surface area contributed by atoms with Crippen LogP contribution in [0.2, 0.25) is 0 Å². The SMILES string of the molecule is COc1ccc(-n2c(C)cc(C(=O)N3CCO[C@H](CC(=O)O)C3)c2C)cc1. The number of rotatable bonds is 5. The van der Waals surface area contributed by atoms with Crippen LogP contribution in [0.15, 0.2) is 30.3 Å². The summed E-state index contributed by atoms with van der Waals surface area (Å²) in [6.07, 6.45) is -0.570. The van der Waals surface area contributed by atoms with E-state index >= 15 is 0 Å². The highest BCUT2D eigenvalue weighted by molar-refractivity contribution is 5.96. The summed E-state index contributed by atoms with van der Waals surface area (Å²) in [5.74, 6) is -0.246. The van der Waals surface area contributed by atoms with Gasteiger partial charge >= 0.3 is 5.97 Å². The lowest BCUT2D eigenvalue weighted by atomic mass is 10.1. The van der Waals surface area contributed by atoms with Gasteiger partial charge in [-0.05, 0) is 44.2 Å². The van der Waals surface area contributed by atoms with Gasteiger partial charge in [0.15, 0.2) is 0 Å². The van der Waals surface area contributed by atoms with E-state index in [1.54, 1.807) is 12.0 Å². The molecule has 0 saturated carbocycles. The molecule has 27 heavy (non-hydrogen) atoms. The fourth-order valence-electron chi connectivity index (χ4n) is 3.50. The van der Waals surface area contributed by atoms with Crippen LogP contribution in [0.4, 0.5) is 0 Å². The van der Waals surface area contributed by atoms with Crippen molar-refractivity contribution in [2.45, 2.75) is 26.4 Å². The molecule has 3 rings (SSSR count). The number of amides is 1. The molecule has 1 aromatic carbocycles. The lowest BCUT2D eigenvalue weighted by Gasteiger charge is -2.32. The van der Waals surface area contributed by atoms with Crippen molar-refractivity contribution in [2.75, 3.05) is 26.8 Å². The Balaban J connectivity index is 1.84. The molecular formula is C20H24N2O5. The first-order valence-corrected chi connectivity index (χ1v) is 8.86. The summed E-state index contributed by atoms with van der Waals surface area (Å²) in [6.45, 7) is 4.97. The molecule has 1 amide bonds. The van der Waals surface area contributed by atoms with Crippen LogP contribution >= 0.6 is 0 Å². The lowest BCUT2D eigenvalue weighted by Crippen LogP contribution is -2.46. The fraction of sp³-hybridized carbons (Fsp3) is 0.400. The number of hydrogen-bond acceptors (Lipinski definition) is 4. The summed E-state index contributed by atoms with van der Waals surface area (Å²) >= 11 is 0. The molecule has 1 aliphatic rings. The normalized spacial score (nSPS) is 17.0. The van der Waals surface area contributed by atoms with Gasteiger partial charge in [0.05, 0.1) is 31.8 Å². The van der Waals surface area contributed by atoms with Crippen molar-refractivity contribution in [3.05, 3.63) is 47.3 Å². The van der Waals surface area contributed by atoms with E-state index in [1.165, 1.54) is 0 Å². The van der Waals surface area contributed by atoms with Gasteiger partial charge in [-0.1, -0.05) is 0 Å². The third kappa shape index (κ3) is 3.98. The Morgan fingerprint density at radius 2 is 1.96 bits per heavy atom. The average Bonchev–Trinajstić information content (AvgIpc) is 2.95. The number of benzene rings is 1. The number of nitrogens with zero attached hydrogens (tertiary/aromatic N) is 2. The number of carboxylic acid groups (broad SMARTS) is 1. The minimum Gasteiger partial charge on any atom is -0.497 e. The number of carbonyl (C=O) groups is 2. The maximum atomic E-state index is 13.0. The Morgan fingerprint density at radius 3 is 2.59 bits per heavy atom. The number of carboxylic acids is 1. The van der Waals surface area contributed by atoms with Crippen molar-refractivity contribution < 1.29 is 24.2 Å². The van der Waals surface area contributed by atoms with Crippen molar-refractivity contribution in [2.24, 2.45) is 0 Å². The van der Waals surface area contributed by atoms with Crippen LogP contribution in [0, 0.1) is 13.8 Å². The molecule has 2 aromatic rings. The molecule has 1 fully saturated rings. The third-order valence-corrected chi connectivity index (χ3v) is 4.82. The molecule has 1 aliphatic heterocycles. The first-order valence-electron chi connectivity index (χ1n) is 8.86. The number of aliphatic carboxylic acids is 1. The van der Waals surface area contributed by atoms with Crippen LogP contribution in [0.1, 0.15) is 28.2 Å². The number of carbonyl (C=O) groups excluding carboxylic acids is 1. The molecule has 0 unspecified atom stereocenters. The number of aromatic nitrogens is 1. The van der Waals surface area contributed by atoms with Crippen LogP contribution in [0.25, 0.3) is 5.69 Å². The van der Waals surface area contributed by atoms with E-state index in [2.05, 4.69) is 0 Å². The molecule has 0 radical (unpaired) electrons. The molecular weight excluding hydrogens is 348 g/mol. The standard InChI is InChI=1S/C20H24N2O5/c1-13-10-18(14(2)22(13)15-4-6-16(26-3)7-5-15)20(25)21-8-9-27-17(12-21)11-19(23)24/h4-7,10,17H,8-9,11-12H2,1-3H3,(H,23,24)/t17-/m1/s1. The molecule has 2 heterocycles. The summed E-state index contributed by atoms with van der Waals surface area (Å²) < 4.78 is 12.7. The van der Waals surface area contributed by atoms with Crippen LogP contribution in [0.5, 0.6) is 5.75 Å². The second-order valence-corrected chi connectivity index (χ2v) is 6.66. The molecule has 0 bridgehead atoms. The summed E-state index contributed by atoms with van der Waals surface area (Å²) in [6, 6.07) is 9.54. The zero-order valence-corrected chi connectivity index (χ0v) is 15.8. The van der Waals surface area contributed by atoms with Crippen molar-refractivity contribution >= 4 is 11.9 Å². The van der Waals surface area contributed by atoms with Crippen LogP contribution in [-0.2, 0) is 9.53 Å². The monoisotopic (exact) mass is 372 g/mol. The highest BCUT2D eigenvalue weighted by atomic mass is 16.5. The first kappa shape index (κ1) is 19.0. The molecule has 1 saturated heterocycles. The topological polar surface area (TPSA) is 81.0 Å². The number of aryl methyl sites for hydroxylation is 1. The molecule has 1 N–H and O–H groups in total. The minimum atomic E-state index is -0.924. The number of methoxy groups -OCH3 is 1. The first-order chi connectivity index (χ1) is 12.9. The van der Waals surface area contributed by atoms with E-state index in [1.807, 2.05) is 48.7 Å². The predicted molar refractivity (Wildman–Crippen MR) is 99.7 cm³/mol. The maximum Gasteiger partial charge on any atom is 0.306 e. The fourth-order valence-corrected chi connectivity index (χ4v) is 3.50. The van der Waals surface area contributed by atoms with Gasteiger partial charge in [0, 0.05) is 30.2 Å². The minimum absolute atomic E-state index is 0.0958. The molecule has 7 nitrogen and oxygen atoms in total. The van der Waals surface area contributed by atoms with Crippen molar-refractivity contribution in [1.29, 1.82) is 0 Å². The second kappa shape index (κ2) is 7.84. The van der Waals surface area contributed by atoms with Gasteiger partial charge < -0.3 is 24.0 Å². The summed E-state index contributed by atoms with van der Waals surface area (Å²) in [5, 5.41) is 8.96. The van der Waals surface area contributed by atoms with Gasteiger partial charge in [0.25, 0.3) is 5.91 Å². The zero-order valence-electron chi connectivity index (χ0n) is 15.8. The zero-order chi connectivity index (χ0) is 19.6. The third-order valence-electron chi connectivity index (χ3n) is 4.82. The Hall–Kier alpha value is -2.80. The largest absolute Gasteiger partial charge is 0.497 e. The number of ether oxygens (including phenoxy) is 2. The van der Waals surface area contributed by atoms with E-state index in [-0.39, 0.29) is 18.9 Å². The highest BCUT2D eigenvalue weighted by Gasteiger charge is 2.28. The average molecular weight is 372 g/mol. The van der Waals surface area contributed by atoms with Gasteiger partial charge in [0.2, 0.25) is 0 Å². The lowest BCUT2D eigenvalue weighted by molar-refractivity contribution is -0.141. The maximum absolute atomic E-state index is 13.0. The molecule has 1 aromatic heterocycles. The van der Waals surface area contributed by atoms with E-state index in [0.29, 0.717) is 18.7 Å². The van der Waals surface area contributed by atoms with Crippen LogP contribution in [-0.4, -0.2) is 59.4 Å². The molecule has 0 spiro atoms. The summed E-state index contributed by atoms with van der Waals surface area (Å²) in [5.41, 5.74) is 3.38. The summed E-state index contributed by atoms with van der Waals surface area (Å²) in [4.78, 5) is 25.6. The molecule has 144 valence electrons. The smallest absolute Gasteiger partial charge is 0.306 e. The van der Waals surface area contributed by atoms with Gasteiger partial charge in [-0.15, -0.1) is 0 Å². The molecule has 7 heteroatoms. The van der Waals surface area contributed by atoms with E-state index < -0.39 is 12.1 Å². The molecule has 1 atom stereocenters. The van der Waals surface area contributed by atoms with E-state index in [9.17, 15) is 9.59 Å². The summed E-state index contributed by atoms with van der Waals surface area (Å²) in [7, 11) is 1.62. The van der Waals surface area contributed by atoms with E-state index in [4.69, 9.17) is 14.6 Å². The Morgan fingerprint density at radius 1 is 1.26 bits per heavy atom. The van der Waals surface area contributed by atoms with Gasteiger partial charge in [-0.25, -0.2) is 0 Å². The number of morpholine rings is 1.